The third-order valence-electron chi connectivity index (χ3n) is 1.77. The normalized spacial score (nSPS) is 9.93. The Bertz CT molecular complexity index is 350. The molecule has 1 heterocycles. The van der Waals surface area contributed by atoms with Crippen LogP contribution in [0.5, 0.6) is 0 Å². The van der Waals surface area contributed by atoms with Crippen molar-refractivity contribution in [2.24, 2.45) is 5.92 Å². The third kappa shape index (κ3) is 3.06. The molecule has 0 radical (unpaired) electrons. The van der Waals surface area contributed by atoms with Gasteiger partial charge >= 0.3 is 0 Å². The molecule has 0 aliphatic carbocycles. The monoisotopic (exact) mass is 189 g/mol. The second-order valence-corrected chi connectivity index (χ2v) is 3.77. The average molecular weight is 189 g/mol. The van der Waals surface area contributed by atoms with Gasteiger partial charge in [0, 0.05) is 12.2 Å². The van der Waals surface area contributed by atoms with Crippen molar-refractivity contribution in [3.8, 4) is 6.07 Å². The molecule has 1 aromatic heterocycles. The van der Waals surface area contributed by atoms with Gasteiger partial charge in [0.1, 0.15) is 5.82 Å². The van der Waals surface area contributed by atoms with Gasteiger partial charge < -0.3 is 5.32 Å². The zero-order valence-corrected chi connectivity index (χ0v) is 8.83. The molecule has 0 bridgehead atoms. The minimum atomic E-state index is 0.572. The second-order valence-electron chi connectivity index (χ2n) is 3.77. The quantitative estimate of drug-likeness (QED) is 0.793. The van der Waals surface area contributed by atoms with Crippen LogP contribution < -0.4 is 5.32 Å². The van der Waals surface area contributed by atoms with Crippen molar-refractivity contribution >= 4 is 5.82 Å². The van der Waals surface area contributed by atoms with Crippen molar-refractivity contribution in [2.75, 3.05) is 11.9 Å². The molecule has 0 saturated carbocycles. The van der Waals surface area contributed by atoms with Gasteiger partial charge in [-0.15, -0.1) is 0 Å². The summed E-state index contributed by atoms with van der Waals surface area (Å²) in [4.78, 5) is 4.29. The van der Waals surface area contributed by atoms with Crippen LogP contribution in [-0.2, 0) is 0 Å². The number of rotatable bonds is 3. The van der Waals surface area contributed by atoms with E-state index in [9.17, 15) is 0 Å². The molecule has 0 spiro atoms. The van der Waals surface area contributed by atoms with E-state index in [1.54, 1.807) is 12.1 Å². The molecule has 74 valence electrons. The fraction of sp³-hybridized carbons (Fsp3) is 0.455. The molecule has 0 aromatic carbocycles. The van der Waals surface area contributed by atoms with Crippen LogP contribution in [0.2, 0.25) is 0 Å². The highest BCUT2D eigenvalue weighted by Gasteiger charge is 2.00. The van der Waals surface area contributed by atoms with Crippen molar-refractivity contribution in [1.29, 1.82) is 5.26 Å². The molecule has 0 aliphatic heterocycles. The summed E-state index contributed by atoms with van der Waals surface area (Å²) in [6, 6.07) is 5.67. The van der Waals surface area contributed by atoms with E-state index < -0.39 is 0 Å². The van der Waals surface area contributed by atoms with Crippen LogP contribution in [0, 0.1) is 24.2 Å². The van der Waals surface area contributed by atoms with Gasteiger partial charge in [-0.05, 0) is 25.0 Å². The van der Waals surface area contributed by atoms with Crippen molar-refractivity contribution in [2.45, 2.75) is 20.8 Å². The standard InChI is InChI=1S/C11H15N3/c1-8(2)7-13-11-5-10(6-12)4-9(3)14-11/h4-5,8H,7H2,1-3H3,(H,13,14). The van der Waals surface area contributed by atoms with Crippen LogP contribution in [0.25, 0.3) is 0 Å². The Balaban J connectivity index is 2.78. The van der Waals surface area contributed by atoms with E-state index in [-0.39, 0.29) is 0 Å². The molecule has 3 nitrogen and oxygen atoms in total. The predicted molar refractivity (Wildman–Crippen MR) is 57.0 cm³/mol. The van der Waals surface area contributed by atoms with Gasteiger partial charge in [0.2, 0.25) is 0 Å². The molecule has 0 unspecified atom stereocenters. The van der Waals surface area contributed by atoms with Crippen LogP contribution in [0.15, 0.2) is 12.1 Å². The van der Waals surface area contributed by atoms with Gasteiger partial charge in [-0.2, -0.15) is 5.26 Å². The first-order chi connectivity index (χ1) is 6.61. The van der Waals surface area contributed by atoms with Crippen LogP contribution in [0.4, 0.5) is 5.82 Å². The fourth-order valence-electron chi connectivity index (χ4n) is 1.13. The summed E-state index contributed by atoms with van der Waals surface area (Å²) in [7, 11) is 0. The summed E-state index contributed by atoms with van der Waals surface area (Å²) < 4.78 is 0. The van der Waals surface area contributed by atoms with E-state index in [1.165, 1.54) is 0 Å². The number of hydrogen-bond acceptors (Lipinski definition) is 3. The molecular formula is C11H15N3. The highest BCUT2D eigenvalue weighted by atomic mass is 15.0. The number of hydrogen-bond donors (Lipinski definition) is 1. The van der Waals surface area contributed by atoms with Gasteiger partial charge in [-0.3, -0.25) is 0 Å². The number of nitriles is 1. The molecule has 0 atom stereocenters. The highest BCUT2D eigenvalue weighted by Crippen LogP contribution is 2.09. The maximum Gasteiger partial charge on any atom is 0.127 e. The van der Waals surface area contributed by atoms with E-state index in [1.807, 2.05) is 6.92 Å². The third-order valence-corrected chi connectivity index (χ3v) is 1.77. The Hall–Kier alpha value is -1.56. The Morgan fingerprint density at radius 3 is 2.79 bits per heavy atom. The topological polar surface area (TPSA) is 48.7 Å². The lowest BCUT2D eigenvalue weighted by atomic mass is 10.2. The molecular weight excluding hydrogens is 174 g/mol. The minimum Gasteiger partial charge on any atom is -0.370 e. The maximum absolute atomic E-state index is 8.76. The zero-order valence-electron chi connectivity index (χ0n) is 8.83. The Morgan fingerprint density at radius 2 is 2.21 bits per heavy atom. The van der Waals surface area contributed by atoms with Gasteiger partial charge in [-0.1, -0.05) is 13.8 Å². The highest BCUT2D eigenvalue weighted by molar-refractivity contribution is 5.44. The van der Waals surface area contributed by atoms with E-state index >= 15 is 0 Å². The summed E-state index contributed by atoms with van der Waals surface area (Å²) in [5.74, 6) is 1.36. The molecule has 0 fully saturated rings. The zero-order chi connectivity index (χ0) is 10.6. The van der Waals surface area contributed by atoms with Crippen molar-refractivity contribution in [3.05, 3.63) is 23.4 Å². The lowest BCUT2D eigenvalue weighted by molar-refractivity contribution is 0.687. The lowest BCUT2D eigenvalue weighted by Crippen LogP contribution is -2.09. The molecule has 0 aliphatic rings. The maximum atomic E-state index is 8.76. The summed E-state index contributed by atoms with van der Waals surface area (Å²) in [5.41, 5.74) is 1.53. The van der Waals surface area contributed by atoms with E-state index in [4.69, 9.17) is 5.26 Å². The van der Waals surface area contributed by atoms with Crippen LogP contribution in [0.3, 0.4) is 0 Å². The first kappa shape index (κ1) is 10.5. The number of nitrogens with zero attached hydrogens (tertiary/aromatic N) is 2. The molecule has 1 rings (SSSR count). The smallest absolute Gasteiger partial charge is 0.127 e. The lowest BCUT2D eigenvalue weighted by Gasteiger charge is -2.08. The van der Waals surface area contributed by atoms with Gasteiger partial charge in [0.05, 0.1) is 11.6 Å². The van der Waals surface area contributed by atoms with E-state index in [0.29, 0.717) is 11.5 Å². The molecule has 3 heteroatoms. The van der Waals surface area contributed by atoms with Crippen LogP contribution in [0.1, 0.15) is 25.1 Å². The summed E-state index contributed by atoms with van der Waals surface area (Å²) in [6.07, 6.45) is 0. The number of aryl methyl sites for hydroxylation is 1. The summed E-state index contributed by atoms with van der Waals surface area (Å²) >= 11 is 0. The predicted octanol–water partition coefficient (Wildman–Crippen LogP) is 2.33. The van der Waals surface area contributed by atoms with Crippen LogP contribution in [-0.4, -0.2) is 11.5 Å². The SMILES string of the molecule is Cc1cc(C#N)cc(NCC(C)C)n1. The Morgan fingerprint density at radius 1 is 1.50 bits per heavy atom. The van der Waals surface area contributed by atoms with E-state index in [0.717, 1.165) is 18.1 Å². The van der Waals surface area contributed by atoms with Crippen molar-refractivity contribution in [1.82, 2.24) is 4.98 Å². The molecule has 1 aromatic rings. The summed E-state index contributed by atoms with van der Waals surface area (Å²) in [5, 5.41) is 12.0. The first-order valence-electron chi connectivity index (χ1n) is 4.74. The number of pyridine rings is 1. The number of anilines is 1. The molecule has 0 saturated heterocycles. The fourth-order valence-corrected chi connectivity index (χ4v) is 1.13. The summed E-state index contributed by atoms with van der Waals surface area (Å²) in [6.45, 7) is 7.03. The van der Waals surface area contributed by atoms with Crippen LogP contribution >= 0.6 is 0 Å². The second kappa shape index (κ2) is 4.61. The number of aromatic nitrogens is 1. The number of nitrogens with one attached hydrogen (secondary N) is 1. The molecule has 0 amide bonds. The van der Waals surface area contributed by atoms with Gasteiger partial charge in [0.15, 0.2) is 0 Å². The van der Waals surface area contributed by atoms with E-state index in [2.05, 4.69) is 30.2 Å². The Labute approximate surface area is 84.8 Å². The minimum absolute atomic E-state index is 0.572. The molecule has 14 heavy (non-hydrogen) atoms. The van der Waals surface area contributed by atoms with Crippen molar-refractivity contribution in [3.63, 3.8) is 0 Å². The van der Waals surface area contributed by atoms with Gasteiger partial charge in [0.25, 0.3) is 0 Å². The molecule has 1 N–H and O–H groups in total. The first-order valence-corrected chi connectivity index (χ1v) is 4.74. The Kier molecular flexibility index (Phi) is 3.47. The largest absolute Gasteiger partial charge is 0.370 e. The average Bonchev–Trinajstić information content (AvgIpc) is 2.14. The van der Waals surface area contributed by atoms with Crippen molar-refractivity contribution < 1.29 is 0 Å². The van der Waals surface area contributed by atoms with Gasteiger partial charge in [-0.25, -0.2) is 4.98 Å².